The van der Waals surface area contributed by atoms with Crippen LogP contribution in [0.3, 0.4) is 0 Å². The van der Waals surface area contributed by atoms with Crippen LogP contribution in [0.15, 0.2) is 34.6 Å². The largest absolute Gasteiger partial charge is 0.496 e. The maximum Gasteiger partial charge on any atom is 0.191 e. The summed E-state index contributed by atoms with van der Waals surface area (Å²) in [5, 5.41) is 8.70. The van der Waals surface area contributed by atoms with Crippen molar-refractivity contribution >= 4 is 41.3 Å². The third-order valence-electron chi connectivity index (χ3n) is 3.70. The lowest BCUT2D eigenvalue weighted by Crippen LogP contribution is -2.37. The Morgan fingerprint density at radius 2 is 1.73 bits per heavy atom. The van der Waals surface area contributed by atoms with Crippen molar-refractivity contribution < 1.29 is 14.2 Å². The van der Waals surface area contributed by atoms with E-state index in [0.29, 0.717) is 18.0 Å². The quantitative estimate of drug-likeness (QED) is 0.337. The zero-order chi connectivity index (χ0) is 18.1. The molecule has 0 atom stereocenters. The van der Waals surface area contributed by atoms with E-state index in [1.54, 1.807) is 39.7 Å². The highest BCUT2D eigenvalue weighted by atomic mass is 127. The highest BCUT2D eigenvalue weighted by molar-refractivity contribution is 14.0. The number of guanidine groups is 1. The van der Waals surface area contributed by atoms with Gasteiger partial charge in [0.2, 0.25) is 0 Å². The normalized spacial score (nSPS) is 10.7. The number of ether oxygens (including phenoxy) is 3. The Kier molecular flexibility index (Phi) is 10.2. The number of aliphatic imine (C=N–C) groups is 1. The molecule has 0 unspecified atom stereocenters. The smallest absolute Gasteiger partial charge is 0.191 e. The Morgan fingerprint density at radius 3 is 2.31 bits per heavy atom. The molecular weight excluding hydrogens is 465 g/mol. The first-order valence-corrected chi connectivity index (χ1v) is 8.85. The number of rotatable bonds is 8. The molecule has 1 aromatic heterocycles. The van der Waals surface area contributed by atoms with Crippen LogP contribution >= 0.6 is 35.3 Å². The first-order chi connectivity index (χ1) is 12.2. The lowest BCUT2D eigenvalue weighted by atomic mass is 10.1. The summed E-state index contributed by atoms with van der Waals surface area (Å²) in [6.07, 6.45) is 0.970. The number of thiophene rings is 1. The van der Waals surface area contributed by atoms with Gasteiger partial charge in [0.25, 0.3) is 0 Å². The van der Waals surface area contributed by atoms with E-state index in [0.717, 1.165) is 30.2 Å². The van der Waals surface area contributed by atoms with E-state index < -0.39 is 0 Å². The van der Waals surface area contributed by atoms with Crippen molar-refractivity contribution in [1.82, 2.24) is 10.6 Å². The van der Waals surface area contributed by atoms with Gasteiger partial charge in [-0.25, -0.2) is 0 Å². The third kappa shape index (κ3) is 6.24. The van der Waals surface area contributed by atoms with Crippen LogP contribution in [0.2, 0.25) is 0 Å². The standard InChI is InChI=1S/C18H25N3O3S.HI/c1-19-18(20-8-7-14-6-5-9-25-14)21-12-13-10-16(23-3)17(24-4)11-15(13)22-2;/h5-6,9-11H,7-8,12H2,1-4H3,(H2,19,20,21);1H. The second-order valence-electron chi connectivity index (χ2n) is 5.20. The van der Waals surface area contributed by atoms with Gasteiger partial charge in [-0.1, -0.05) is 6.07 Å². The molecule has 1 aromatic carbocycles. The van der Waals surface area contributed by atoms with Crippen molar-refractivity contribution in [2.45, 2.75) is 13.0 Å². The minimum Gasteiger partial charge on any atom is -0.496 e. The Labute approximate surface area is 176 Å². The monoisotopic (exact) mass is 491 g/mol. The molecule has 144 valence electrons. The van der Waals surface area contributed by atoms with Crippen molar-refractivity contribution in [3.8, 4) is 17.2 Å². The second kappa shape index (κ2) is 11.8. The van der Waals surface area contributed by atoms with Crippen LogP contribution in [0, 0.1) is 0 Å². The molecule has 0 spiro atoms. The van der Waals surface area contributed by atoms with E-state index in [1.165, 1.54) is 4.88 Å². The van der Waals surface area contributed by atoms with Crippen molar-refractivity contribution in [3.63, 3.8) is 0 Å². The average Bonchev–Trinajstić information content (AvgIpc) is 3.17. The molecule has 6 nitrogen and oxygen atoms in total. The molecule has 0 saturated carbocycles. The molecule has 0 aliphatic carbocycles. The molecule has 8 heteroatoms. The Hall–Kier alpha value is -1.68. The van der Waals surface area contributed by atoms with Crippen molar-refractivity contribution in [2.24, 2.45) is 4.99 Å². The molecule has 0 amide bonds. The third-order valence-corrected chi connectivity index (χ3v) is 4.64. The number of hydrogen-bond acceptors (Lipinski definition) is 5. The Bertz CT molecular complexity index is 693. The molecule has 1 heterocycles. The summed E-state index contributed by atoms with van der Waals surface area (Å²) in [4.78, 5) is 5.61. The summed E-state index contributed by atoms with van der Waals surface area (Å²) in [7, 11) is 6.62. The van der Waals surface area contributed by atoms with Crippen LogP contribution in [0.1, 0.15) is 10.4 Å². The SMILES string of the molecule is CN=C(NCCc1cccs1)NCc1cc(OC)c(OC)cc1OC.I. The lowest BCUT2D eigenvalue weighted by molar-refractivity contribution is 0.347. The Morgan fingerprint density at radius 1 is 1.04 bits per heavy atom. The maximum absolute atomic E-state index is 5.45. The van der Waals surface area contributed by atoms with Crippen LogP contribution in [0.25, 0.3) is 0 Å². The van der Waals surface area contributed by atoms with Crippen LogP contribution in [0.4, 0.5) is 0 Å². The summed E-state index contributed by atoms with van der Waals surface area (Å²) < 4.78 is 16.1. The molecule has 0 fully saturated rings. The highest BCUT2D eigenvalue weighted by Gasteiger charge is 2.12. The van der Waals surface area contributed by atoms with E-state index >= 15 is 0 Å². The van der Waals surface area contributed by atoms with Gasteiger partial charge >= 0.3 is 0 Å². The fourth-order valence-electron chi connectivity index (χ4n) is 2.39. The zero-order valence-electron chi connectivity index (χ0n) is 15.5. The second-order valence-corrected chi connectivity index (χ2v) is 6.23. The first-order valence-electron chi connectivity index (χ1n) is 7.97. The molecule has 0 aliphatic heterocycles. The fourth-order valence-corrected chi connectivity index (χ4v) is 3.10. The number of hydrogen-bond donors (Lipinski definition) is 2. The van der Waals surface area contributed by atoms with Gasteiger partial charge in [0.1, 0.15) is 5.75 Å². The van der Waals surface area contributed by atoms with Gasteiger partial charge in [0.05, 0.1) is 21.3 Å². The fraction of sp³-hybridized carbons (Fsp3) is 0.389. The number of nitrogens with one attached hydrogen (secondary N) is 2. The van der Waals surface area contributed by atoms with Crippen LogP contribution < -0.4 is 24.8 Å². The van der Waals surface area contributed by atoms with Crippen LogP contribution in [0.5, 0.6) is 17.2 Å². The van der Waals surface area contributed by atoms with Crippen molar-refractivity contribution in [3.05, 3.63) is 40.1 Å². The molecule has 0 bridgehead atoms. The summed E-state index contributed by atoms with van der Waals surface area (Å²) in [5.41, 5.74) is 0.960. The summed E-state index contributed by atoms with van der Waals surface area (Å²) >= 11 is 1.76. The van der Waals surface area contributed by atoms with Crippen LogP contribution in [-0.4, -0.2) is 40.9 Å². The van der Waals surface area contributed by atoms with Gasteiger partial charge in [-0.05, 0) is 23.9 Å². The summed E-state index contributed by atoms with van der Waals surface area (Å²) in [6.45, 7) is 1.38. The van der Waals surface area contributed by atoms with Crippen LogP contribution in [-0.2, 0) is 13.0 Å². The van der Waals surface area contributed by atoms with E-state index in [4.69, 9.17) is 14.2 Å². The summed E-state index contributed by atoms with van der Waals surface area (Å²) in [6, 6.07) is 7.93. The van der Waals surface area contributed by atoms with E-state index in [2.05, 4.69) is 33.1 Å². The van der Waals surface area contributed by atoms with Crippen molar-refractivity contribution in [1.29, 1.82) is 0 Å². The topological polar surface area (TPSA) is 64.1 Å². The van der Waals surface area contributed by atoms with E-state index in [9.17, 15) is 0 Å². The minimum absolute atomic E-state index is 0. The molecule has 2 N–H and O–H groups in total. The first kappa shape index (κ1) is 22.4. The molecule has 0 saturated heterocycles. The summed E-state index contributed by atoms with van der Waals surface area (Å²) in [5.74, 6) is 2.79. The maximum atomic E-state index is 5.45. The van der Waals surface area contributed by atoms with Gasteiger partial charge in [0, 0.05) is 36.6 Å². The molecule has 0 radical (unpaired) electrons. The average molecular weight is 491 g/mol. The number of nitrogens with zero attached hydrogens (tertiary/aromatic N) is 1. The number of methoxy groups -OCH3 is 3. The molecule has 0 aliphatic rings. The molecule has 26 heavy (non-hydrogen) atoms. The van der Waals surface area contributed by atoms with Gasteiger partial charge in [-0.2, -0.15) is 0 Å². The van der Waals surface area contributed by atoms with Crippen molar-refractivity contribution in [2.75, 3.05) is 34.9 Å². The number of halogens is 1. The van der Waals surface area contributed by atoms with E-state index in [-0.39, 0.29) is 24.0 Å². The predicted octanol–water partition coefficient (Wildman–Crippen LogP) is 3.30. The lowest BCUT2D eigenvalue weighted by Gasteiger charge is -2.16. The van der Waals surface area contributed by atoms with Gasteiger partial charge in [0.15, 0.2) is 17.5 Å². The van der Waals surface area contributed by atoms with Gasteiger partial charge in [-0.3, -0.25) is 4.99 Å². The molecular formula is C18H26IN3O3S. The number of benzene rings is 1. The zero-order valence-corrected chi connectivity index (χ0v) is 18.6. The highest BCUT2D eigenvalue weighted by Crippen LogP contribution is 2.34. The minimum atomic E-state index is 0. The molecule has 2 aromatic rings. The molecule has 2 rings (SSSR count). The Balaban J connectivity index is 0.00000338. The van der Waals surface area contributed by atoms with Gasteiger partial charge in [-0.15, -0.1) is 35.3 Å². The van der Waals surface area contributed by atoms with Gasteiger partial charge < -0.3 is 24.8 Å². The predicted molar refractivity (Wildman–Crippen MR) is 118 cm³/mol. The van der Waals surface area contributed by atoms with E-state index in [1.807, 2.05) is 12.1 Å².